The van der Waals surface area contributed by atoms with Crippen LogP contribution >= 0.6 is 0 Å². The van der Waals surface area contributed by atoms with Gasteiger partial charge in [-0.1, -0.05) is 0 Å². The Morgan fingerprint density at radius 2 is 0.800 bits per heavy atom. The standard InChI is InChI=1S/C8H16O5.2Na/c9-1-3-11-5-7-13-8-6-12-4-2-10;;/h1-8H2;;/q-2;2*+1. The summed E-state index contributed by atoms with van der Waals surface area (Å²) in [6, 6.07) is 0. The number of ether oxygens (including phenoxy) is 3. The van der Waals surface area contributed by atoms with Crippen molar-refractivity contribution in [2.24, 2.45) is 0 Å². The van der Waals surface area contributed by atoms with Crippen molar-refractivity contribution in [1.29, 1.82) is 0 Å². The van der Waals surface area contributed by atoms with Gasteiger partial charge < -0.3 is 24.4 Å². The smallest absolute Gasteiger partial charge is 0.853 e. The summed E-state index contributed by atoms with van der Waals surface area (Å²) in [5.74, 6) is 0. The fraction of sp³-hybridized carbons (Fsp3) is 1.00. The Kier molecular flexibility index (Phi) is 31.0. The molecule has 0 fully saturated rings. The van der Waals surface area contributed by atoms with E-state index in [0.717, 1.165) is 0 Å². The Balaban J connectivity index is -0.000000720. The van der Waals surface area contributed by atoms with Gasteiger partial charge in [0.05, 0.1) is 26.4 Å². The molecule has 0 radical (unpaired) electrons. The van der Waals surface area contributed by atoms with E-state index in [1.54, 1.807) is 0 Å². The van der Waals surface area contributed by atoms with Crippen molar-refractivity contribution in [3.63, 3.8) is 0 Å². The molecule has 0 heterocycles. The molecule has 0 aliphatic heterocycles. The average molecular weight is 238 g/mol. The molecule has 0 saturated heterocycles. The first-order valence-electron chi connectivity index (χ1n) is 4.31. The Bertz CT molecular complexity index is 87.1. The number of rotatable bonds is 10. The van der Waals surface area contributed by atoms with Crippen LogP contribution in [0.25, 0.3) is 0 Å². The molecule has 0 amide bonds. The van der Waals surface area contributed by atoms with Crippen molar-refractivity contribution in [1.82, 2.24) is 0 Å². The molecule has 0 N–H and O–H groups in total. The molecule has 0 aromatic heterocycles. The topological polar surface area (TPSA) is 73.8 Å². The summed E-state index contributed by atoms with van der Waals surface area (Å²) in [6.07, 6.45) is 0. The third-order valence-corrected chi connectivity index (χ3v) is 1.20. The van der Waals surface area contributed by atoms with E-state index in [4.69, 9.17) is 14.2 Å². The van der Waals surface area contributed by atoms with Crippen LogP contribution in [0.1, 0.15) is 0 Å². The van der Waals surface area contributed by atoms with Gasteiger partial charge in [0, 0.05) is 13.2 Å². The first-order valence-corrected chi connectivity index (χ1v) is 4.31. The van der Waals surface area contributed by atoms with E-state index in [9.17, 15) is 10.2 Å². The van der Waals surface area contributed by atoms with Gasteiger partial charge in [0.25, 0.3) is 0 Å². The van der Waals surface area contributed by atoms with Gasteiger partial charge >= 0.3 is 59.1 Å². The van der Waals surface area contributed by atoms with Crippen LogP contribution in [0.4, 0.5) is 0 Å². The number of hydrogen-bond donors (Lipinski definition) is 0. The van der Waals surface area contributed by atoms with Crippen molar-refractivity contribution in [3.8, 4) is 0 Å². The average Bonchev–Trinajstić information content (AvgIpc) is 2.16. The molecule has 15 heavy (non-hydrogen) atoms. The summed E-state index contributed by atoms with van der Waals surface area (Å²) in [4.78, 5) is 0. The molecule has 0 aliphatic rings. The normalized spacial score (nSPS) is 9.20. The van der Waals surface area contributed by atoms with Gasteiger partial charge in [0.1, 0.15) is 0 Å². The van der Waals surface area contributed by atoms with Gasteiger partial charge in [-0.3, -0.25) is 0 Å². The maximum Gasteiger partial charge on any atom is 1.00 e. The zero-order valence-electron chi connectivity index (χ0n) is 9.70. The summed E-state index contributed by atoms with van der Waals surface area (Å²) >= 11 is 0. The first-order chi connectivity index (χ1) is 6.41. The van der Waals surface area contributed by atoms with Crippen molar-refractivity contribution < 1.29 is 83.5 Å². The molecule has 0 atom stereocenters. The van der Waals surface area contributed by atoms with Crippen molar-refractivity contribution in [2.75, 3.05) is 52.9 Å². The summed E-state index contributed by atoms with van der Waals surface area (Å²) < 4.78 is 14.8. The second-order valence-electron chi connectivity index (χ2n) is 2.25. The van der Waals surface area contributed by atoms with E-state index >= 15 is 0 Å². The fourth-order valence-electron chi connectivity index (χ4n) is 0.660. The van der Waals surface area contributed by atoms with Gasteiger partial charge in [-0.15, -0.1) is 13.2 Å². The van der Waals surface area contributed by atoms with E-state index in [-0.39, 0.29) is 85.5 Å². The largest absolute Gasteiger partial charge is 1.00 e. The second-order valence-corrected chi connectivity index (χ2v) is 2.25. The van der Waals surface area contributed by atoms with Crippen LogP contribution in [0.15, 0.2) is 0 Å². The van der Waals surface area contributed by atoms with Crippen LogP contribution in [-0.2, 0) is 14.2 Å². The molecule has 0 bridgehead atoms. The number of hydrogen-bond acceptors (Lipinski definition) is 5. The zero-order chi connectivity index (χ0) is 9.78. The fourth-order valence-corrected chi connectivity index (χ4v) is 0.660. The van der Waals surface area contributed by atoms with E-state index in [2.05, 4.69) is 0 Å². The monoisotopic (exact) mass is 238 g/mol. The molecule has 0 unspecified atom stereocenters. The van der Waals surface area contributed by atoms with Gasteiger partial charge in [-0.2, -0.15) is 0 Å². The molecule has 0 spiro atoms. The summed E-state index contributed by atoms with van der Waals surface area (Å²) in [7, 11) is 0. The third-order valence-electron chi connectivity index (χ3n) is 1.20. The molecule has 0 saturated carbocycles. The summed E-state index contributed by atoms with van der Waals surface area (Å²) in [5.41, 5.74) is 0. The van der Waals surface area contributed by atoms with Crippen molar-refractivity contribution >= 4 is 0 Å². The maximum absolute atomic E-state index is 9.92. The minimum Gasteiger partial charge on any atom is -0.853 e. The minimum atomic E-state index is -0.216. The van der Waals surface area contributed by atoms with Crippen LogP contribution in [0, 0.1) is 0 Å². The van der Waals surface area contributed by atoms with Gasteiger partial charge in [-0.25, -0.2) is 0 Å². The Morgan fingerprint density at radius 3 is 1.07 bits per heavy atom. The molecular formula is C8H16Na2O5. The predicted octanol–water partition coefficient (Wildman–Crippen LogP) is -8.24. The van der Waals surface area contributed by atoms with Gasteiger partial charge in [0.15, 0.2) is 0 Å². The van der Waals surface area contributed by atoms with E-state index in [0.29, 0.717) is 26.4 Å². The van der Waals surface area contributed by atoms with Gasteiger partial charge in [0.2, 0.25) is 0 Å². The Labute approximate surface area is 135 Å². The zero-order valence-corrected chi connectivity index (χ0v) is 13.7. The minimum absolute atomic E-state index is 0. The third kappa shape index (κ3) is 21.6. The van der Waals surface area contributed by atoms with Gasteiger partial charge in [-0.05, 0) is 0 Å². The van der Waals surface area contributed by atoms with Crippen LogP contribution < -0.4 is 69.3 Å². The molecule has 7 heteroatoms. The van der Waals surface area contributed by atoms with Crippen LogP contribution in [0.3, 0.4) is 0 Å². The molecule has 80 valence electrons. The summed E-state index contributed by atoms with van der Waals surface area (Å²) in [5, 5.41) is 19.8. The van der Waals surface area contributed by atoms with E-state index in [1.807, 2.05) is 0 Å². The van der Waals surface area contributed by atoms with E-state index < -0.39 is 0 Å². The quantitative estimate of drug-likeness (QED) is 0.279. The van der Waals surface area contributed by atoms with Crippen LogP contribution in [0.2, 0.25) is 0 Å². The van der Waals surface area contributed by atoms with Crippen molar-refractivity contribution in [3.05, 3.63) is 0 Å². The molecule has 0 aliphatic carbocycles. The molecule has 5 nitrogen and oxygen atoms in total. The van der Waals surface area contributed by atoms with Crippen molar-refractivity contribution in [2.45, 2.75) is 0 Å². The maximum atomic E-state index is 9.92. The Hall–Kier alpha value is 1.80. The van der Waals surface area contributed by atoms with E-state index in [1.165, 1.54) is 0 Å². The predicted molar refractivity (Wildman–Crippen MR) is 42.2 cm³/mol. The second kappa shape index (κ2) is 21.1. The first kappa shape index (κ1) is 22.0. The Morgan fingerprint density at radius 1 is 0.533 bits per heavy atom. The molecule has 0 aromatic carbocycles. The molecule has 0 rings (SSSR count). The molecule has 0 aromatic rings. The summed E-state index contributed by atoms with van der Waals surface area (Å²) in [6.45, 7) is 1.82. The van der Waals surface area contributed by atoms with Crippen LogP contribution in [0.5, 0.6) is 0 Å². The van der Waals surface area contributed by atoms with Crippen LogP contribution in [-0.4, -0.2) is 52.9 Å². The molecular weight excluding hydrogens is 222 g/mol. The SMILES string of the molecule is [Na+].[Na+].[O-]CCOCCOCCOCC[O-].